The second-order valence-corrected chi connectivity index (χ2v) is 6.80. The fourth-order valence-corrected chi connectivity index (χ4v) is 3.89. The molecule has 0 aromatic heterocycles. The summed E-state index contributed by atoms with van der Waals surface area (Å²) in [5.74, 6) is 2.00. The van der Waals surface area contributed by atoms with E-state index in [0.717, 1.165) is 41.6 Å². The number of benzene rings is 1. The van der Waals surface area contributed by atoms with Crippen molar-refractivity contribution in [1.82, 2.24) is 10.2 Å². The first kappa shape index (κ1) is 16.5. The lowest BCUT2D eigenvalue weighted by Crippen LogP contribution is -2.37. The van der Waals surface area contributed by atoms with Gasteiger partial charge in [-0.2, -0.15) is 0 Å². The molecule has 1 fully saturated rings. The Morgan fingerprint density at radius 3 is 2.52 bits per heavy atom. The van der Waals surface area contributed by atoms with Gasteiger partial charge in [-0.05, 0) is 56.6 Å². The zero-order chi connectivity index (χ0) is 16.2. The van der Waals surface area contributed by atoms with Gasteiger partial charge in [0.25, 0.3) is 0 Å². The number of piperidine rings is 1. The zero-order valence-corrected chi connectivity index (χ0v) is 14.9. The van der Waals surface area contributed by atoms with Gasteiger partial charge in [0.2, 0.25) is 0 Å². The van der Waals surface area contributed by atoms with E-state index in [4.69, 9.17) is 21.7 Å². The monoisotopic (exact) mass is 334 g/mol. The highest BCUT2D eigenvalue weighted by molar-refractivity contribution is 7.80. The zero-order valence-electron chi connectivity index (χ0n) is 14.1. The average molecular weight is 334 g/mol. The molecule has 3 rings (SSSR count). The fourth-order valence-electron chi connectivity index (χ4n) is 3.63. The maximum atomic E-state index is 5.49. The third kappa shape index (κ3) is 3.61. The highest BCUT2D eigenvalue weighted by atomic mass is 32.1. The third-order valence-corrected chi connectivity index (χ3v) is 5.36. The number of hydrogen-bond donors (Lipinski definition) is 1. The molecular weight excluding hydrogens is 308 g/mol. The summed E-state index contributed by atoms with van der Waals surface area (Å²) in [6, 6.07) is 4.12. The minimum absolute atomic E-state index is 0.471. The van der Waals surface area contributed by atoms with Crippen LogP contribution < -0.4 is 14.8 Å². The Labute approximate surface area is 144 Å². The molecular formula is C18H26N2O2S. The Morgan fingerprint density at radius 1 is 1.13 bits per heavy atom. The van der Waals surface area contributed by atoms with E-state index in [2.05, 4.69) is 16.3 Å². The van der Waals surface area contributed by atoms with Crippen LogP contribution in [0, 0.1) is 0 Å². The van der Waals surface area contributed by atoms with Gasteiger partial charge >= 0.3 is 0 Å². The van der Waals surface area contributed by atoms with Crippen LogP contribution in [-0.2, 0) is 0 Å². The summed E-state index contributed by atoms with van der Waals surface area (Å²) in [6.07, 6.45) is 5.22. The first-order valence-electron chi connectivity index (χ1n) is 8.49. The summed E-state index contributed by atoms with van der Waals surface area (Å²) in [5.41, 5.74) is 2.39. The minimum atomic E-state index is 0.471. The van der Waals surface area contributed by atoms with E-state index in [1.165, 1.54) is 37.9 Å². The Hall–Kier alpha value is -1.33. The van der Waals surface area contributed by atoms with Crippen LogP contribution in [0.15, 0.2) is 12.1 Å². The van der Waals surface area contributed by atoms with Gasteiger partial charge in [-0.1, -0.05) is 18.6 Å². The van der Waals surface area contributed by atoms with Crippen molar-refractivity contribution in [3.05, 3.63) is 23.3 Å². The van der Waals surface area contributed by atoms with Crippen molar-refractivity contribution >= 4 is 17.2 Å². The lowest BCUT2D eigenvalue weighted by atomic mass is 9.87. The van der Waals surface area contributed by atoms with Gasteiger partial charge in [0.05, 0.1) is 14.2 Å². The first-order valence-corrected chi connectivity index (χ1v) is 8.90. The second kappa shape index (κ2) is 7.49. The summed E-state index contributed by atoms with van der Waals surface area (Å²) in [4.78, 5) is 3.41. The summed E-state index contributed by atoms with van der Waals surface area (Å²) in [7, 11) is 3.35. The highest BCUT2D eigenvalue weighted by Gasteiger charge is 2.26. The molecule has 0 amide bonds. The molecule has 2 aliphatic rings. The molecule has 5 heteroatoms. The number of fused-ring (bicyclic) bond motifs is 1. The first-order chi connectivity index (χ1) is 11.2. The van der Waals surface area contributed by atoms with Crippen molar-refractivity contribution in [1.29, 1.82) is 0 Å². The van der Waals surface area contributed by atoms with Crippen molar-refractivity contribution in [3.8, 4) is 11.5 Å². The molecule has 4 nitrogen and oxygen atoms in total. The van der Waals surface area contributed by atoms with Crippen molar-refractivity contribution in [2.75, 3.05) is 40.4 Å². The predicted molar refractivity (Wildman–Crippen MR) is 96.9 cm³/mol. The summed E-state index contributed by atoms with van der Waals surface area (Å²) < 4.78 is 10.9. The molecule has 0 aliphatic carbocycles. The van der Waals surface area contributed by atoms with Crippen LogP contribution in [0.5, 0.6) is 11.5 Å². The summed E-state index contributed by atoms with van der Waals surface area (Å²) in [5, 5.41) is 3.38. The number of thiocarbonyl (C=S) groups is 1. The molecule has 126 valence electrons. The van der Waals surface area contributed by atoms with Gasteiger partial charge in [-0.25, -0.2) is 0 Å². The molecule has 2 aliphatic heterocycles. The van der Waals surface area contributed by atoms with E-state index in [-0.39, 0.29) is 0 Å². The van der Waals surface area contributed by atoms with Gasteiger partial charge in [0.15, 0.2) is 11.5 Å². The predicted octanol–water partition coefficient (Wildman–Crippen LogP) is 2.94. The van der Waals surface area contributed by atoms with E-state index < -0.39 is 0 Å². The lowest BCUT2D eigenvalue weighted by Gasteiger charge is -2.32. The molecule has 1 saturated heterocycles. The third-order valence-electron chi connectivity index (χ3n) is 4.99. The van der Waals surface area contributed by atoms with E-state index in [1.54, 1.807) is 14.2 Å². The van der Waals surface area contributed by atoms with Crippen LogP contribution in [0.4, 0.5) is 0 Å². The Kier molecular flexibility index (Phi) is 5.38. The van der Waals surface area contributed by atoms with Crippen LogP contribution in [0.25, 0.3) is 0 Å². The SMILES string of the molecule is COc1cc2c(cc1OC)C(CCN1CCCCC1)CNC2=S. The van der Waals surface area contributed by atoms with Crippen LogP contribution in [0.2, 0.25) is 0 Å². The summed E-state index contributed by atoms with van der Waals surface area (Å²) >= 11 is 5.49. The van der Waals surface area contributed by atoms with Crippen molar-refractivity contribution in [2.24, 2.45) is 0 Å². The van der Waals surface area contributed by atoms with Gasteiger partial charge in [-0.15, -0.1) is 0 Å². The number of likely N-dealkylation sites (tertiary alicyclic amines) is 1. The number of nitrogens with one attached hydrogen (secondary N) is 1. The second-order valence-electron chi connectivity index (χ2n) is 6.39. The van der Waals surface area contributed by atoms with Gasteiger partial charge in [0, 0.05) is 18.0 Å². The molecule has 0 spiro atoms. The van der Waals surface area contributed by atoms with Gasteiger partial charge in [-0.3, -0.25) is 0 Å². The number of hydrogen-bond acceptors (Lipinski definition) is 4. The molecule has 0 radical (unpaired) electrons. The molecule has 1 N–H and O–H groups in total. The van der Waals surface area contributed by atoms with Crippen LogP contribution in [0.1, 0.15) is 42.7 Å². The number of methoxy groups -OCH3 is 2. The standard InChI is InChI=1S/C18H26N2O2S/c1-21-16-10-14-13(6-9-20-7-4-3-5-8-20)12-19-18(23)15(14)11-17(16)22-2/h10-11,13H,3-9,12H2,1-2H3,(H,19,23). The Balaban J connectivity index is 1.78. The Morgan fingerprint density at radius 2 is 1.83 bits per heavy atom. The maximum absolute atomic E-state index is 5.49. The van der Waals surface area contributed by atoms with Crippen molar-refractivity contribution in [2.45, 2.75) is 31.6 Å². The quantitative estimate of drug-likeness (QED) is 0.838. The highest BCUT2D eigenvalue weighted by Crippen LogP contribution is 2.37. The van der Waals surface area contributed by atoms with Crippen LogP contribution >= 0.6 is 12.2 Å². The molecule has 0 bridgehead atoms. The number of ether oxygens (including phenoxy) is 2. The largest absolute Gasteiger partial charge is 0.493 e. The van der Waals surface area contributed by atoms with Crippen LogP contribution in [-0.4, -0.2) is 50.3 Å². The maximum Gasteiger partial charge on any atom is 0.161 e. The molecule has 2 heterocycles. The minimum Gasteiger partial charge on any atom is -0.493 e. The molecule has 1 aromatic rings. The van der Waals surface area contributed by atoms with Gasteiger partial charge in [0.1, 0.15) is 4.99 Å². The Bertz CT molecular complexity index is 570. The van der Waals surface area contributed by atoms with Crippen LogP contribution in [0.3, 0.4) is 0 Å². The van der Waals surface area contributed by atoms with E-state index in [0.29, 0.717) is 5.92 Å². The van der Waals surface area contributed by atoms with E-state index in [1.807, 2.05) is 6.07 Å². The number of nitrogens with zero attached hydrogens (tertiary/aromatic N) is 1. The smallest absolute Gasteiger partial charge is 0.161 e. The van der Waals surface area contributed by atoms with Crippen molar-refractivity contribution in [3.63, 3.8) is 0 Å². The molecule has 1 aromatic carbocycles. The average Bonchev–Trinajstić information content (AvgIpc) is 2.61. The normalized spacial score (nSPS) is 21.5. The van der Waals surface area contributed by atoms with E-state index in [9.17, 15) is 0 Å². The summed E-state index contributed by atoms with van der Waals surface area (Å²) in [6.45, 7) is 4.57. The van der Waals surface area contributed by atoms with E-state index >= 15 is 0 Å². The number of rotatable bonds is 5. The lowest BCUT2D eigenvalue weighted by molar-refractivity contribution is 0.220. The van der Waals surface area contributed by atoms with Crippen molar-refractivity contribution < 1.29 is 9.47 Å². The molecule has 0 saturated carbocycles. The molecule has 1 atom stereocenters. The molecule has 1 unspecified atom stereocenters. The molecule has 23 heavy (non-hydrogen) atoms. The fraction of sp³-hybridized carbons (Fsp3) is 0.611. The topological polar surface area (TPSA) is 33.7 Å². The van der Waals surface area contributed by atoms with Gasteiger partial charge < -0.3 is 19.7 Å².